The number of carbonyl (C=O) groups is 1. The molecule has 2 aromatic carbocycles. The maximum absolute atomic E-state index is 12.9. The van der Waals surface area contributed by atoms with Crippen LogP contribution in [0.1, 0.15) is 24.2 Å². The zero-order valence-corrected chi connectivity index (χ0v) is 18.6. The predicted octanol–water partition coefficient (Wildman–Crippen LogP) is 3.60. The van der Waals surface area contributed by atoms with Crippen LogP contribution < -0.4 is 10.2 Å². The van der Waals surface area contributed by atoms with Crippen LogP contribution in [0, 0.1) is 10.1 Å². The summed E-state index contributed by atoms with van der Waals surface area (Å²) in [6.45, 7) is 4.10. The Morgan fingerprint density at radius 2 is 1.77 bits per heavy atom. The van der Waals surface area contributed by atoms with E-state index >= 15 is 0 Å². The van der Waals surface area contributed by atoms with Crippen molar-refractivity contribution in [2.45, 2.75) is 18.7 Å². The molecule has 0 heterocycles. The average Bonchev–Trinajstić information content (AvgIpc) is 2.68. The number of nitrogens with one attached hydrogen (secondary N) is 1. The Hall–Kier alpha value is -2.69. The molecular weight excluding hydrogens is 432 g/mol. The quantitative estimate of drug-likeness (QED) is 0.481. The van der Waals surface area contributed by atoms with Crippen molar-refractivity contribution in [3.8, 4) is 0 Å². The Balaban J connectivity index is 2.49. The third kappa shape index (κ3) is 4.89. The molecule has 0 aliphatic heterocycles. The van der Waals surface area contributed by atoms with Gasteiger partial charge in [0, 0.05) is 38.8 Å². The van der Waals surface area contributed by atoms with Gasteiger partial charge >= 0.3 is 0 Å². The number of benzene rings is 2. The highest BCUT2D eigenvalue weighted by atomic mass is 35.5. The molecule has 0 radical (unpaired) electrons. The zero-order chi connectivity index (χ0) is 22.6. The van der Waals surface area contributed by atoms with Crippen LogP contribution in [0.15, 0.2) is 41.3 Å². The van der Waals surface area contributed by atoms with Gasteiger partial charge in [-0.3, -0.25) is 14.9 Å². The van der Waals surface area contributed by atoms with Crippen molar-refractivity contribution in [3.05, 3.63) is 57.1 Å². The molecule has 0 bridgehead atoms. The van der Waals surface area contributed by atoms with Gasteiger partial charge in [0.1, 0.15) is 5.02 Å². The normalized spacial score (nSPS) is 11.4. The monoisotopic (exact) mass is 454 g/mol. The Labute approximate surface area is 180 Å². The van der Waals surface area contributed by atoms with Crippen molar-refractivity contribution in [2.24, 2.45) is 0 Å². The first-order valence-electron chi connectivity index (χ1n) is 9.09. The number of nitrogens with zero attached hydrogens (tertiary/aromatic N) is 3. The van der Waals surface area contributed by atoms with Gasteiger partial charge in [0.2, 0.25) is 10.0 Å². The zero-order valence-electron chi connectivity index (χ0n) is 17.0. The van der Waals surface area contributed by atoms with Crippen molar-refractivity contribution in [3.63, 3.8) is 0 Å². The number of nitro benzene ring substituents is 1. The minimum atomic E-state index is -3.73. The number of carbonyl (C=O) groups excluding carboxylic acids is 1. The summed E-state index contributed by atoms with van der Waals surface area (Å²) < 4.78 is 27.0. The highest BCUT2D eigenvalue weighted by Gasteiger charge is 2.24. The molecule has 0 aliphatic carbocycles. The minimum absolute atomic E-state index is 0.0211. The number of rotatable bonds is 8. The van der Waals surface area contributed by atoms with E-state index in [9.17, 15) is 23.3 Å². The molecule has 2 rings (SSSR count). The lowest BCUT2D eigenvalue weighted by Crippen LogP contribution is -2.30. The summed E-state index contributed by atoms with van der Waals surface area (Å²) in [5.74, 6) is -0.629. The fourth-order valence-electron chi connectivity index (χ4n) is 2.87. The lowest BCUT2D eigenvalue weighted by atomic mass is 10.1. The van der Waals surface area contributed by atoms with E-state index in [2.05, 4.69) is 5.32 Å². The van der Waals surface area contributed by atoms with Crippen LogP contribution >= 0.6 is 11.6 Å². The molecule has 0 spiro atoms. The van der Waals surface area contributed by atoms with Gasteiger partial charge in [0.05, 0.1) is 21.2 Å². The van der Waals surface area contributed by atoms with Crippen LogP contribution in [0.5, 0.6) is 0 Å². The van der Waals surface area contributed by atoms with Gasteiger partial charge in [-0.25, -0.2) is 8.42 Å². The molecule has 0 aliphatic rings. The van der Waals surface area contributed by atoms with E-state index in [1.165, 1.54) is 28.6 Å². The van der Waals surface area contributed by atoms with Crippen LogP contribution in [0.4, 0.5) is 17.1 Å². The molecule has 162 valence electrons. The number of anilines is 2. The lowest BCUT2D eigenvalue weighted by Gasteiger charge is -2.22. The van der Waals surface area contributed by atoms with Crippen molar-refractivity contribution < 1.29 is 18.1 Å². The minimum Gasteiger partial charge on any atom is -0.376 e. The van der Waals surface area contributed by atoms with E-state index < -0.39 is 26.5 Å². The van der Waals surface area contributed by atoms with Gasteiger partial charge in [-0.1, -0.05) is 25.4 Å². The van der Waals surface area contributed by atoms with Crippen molar-refractivity contribution >= 4 is 44.6 Å². The summed E-state index contributed by atoms with van der Waals surface area (Å²) in [5, 5.41) is 13.7. The SMILES string of the molecule is CCN(CC)S(=O)(=O)c1ccc(N(C)C)c(NC(=O)c2ccc(Cl)c([N+](=O)[O-])c2)c1. The fourth-order valence-corrected chi connectivity index (χ4v) is 4.54. The summed E-state index contributed by atoms with van der Waals surface area (Å²) in [4.78, 5) is 24.9. The van der Waals surface area contributed by atoms with Crippen LogP contribution in [0.25, 0.3) is 0 Å². The van der Waals surface area contributed by atoms with E-state index in [1.807, 2.05) is 0 Å². The molecule has 0 saturated heterocycles. The second kappa shape index (κ2) is 9.41. The molecule has 1 N–H and O–H groups in total. The summed E-state index contributed by atoms with van der Waals surface area (Å²) in [7, 11) is -0.240. The number of sulfonamides is 1. The predicted molar refractivity (Wildman–Crippen MR) is 117 cm³/mol. The second-order valence-electron chi connectivity index (χ2n) is 6.54. The van der Waals surface area contributed by atoms with Crippen molar-refractivity contribution in [2.75, 3.05) is 37.4 Å². The van der Waals surface area contributed by atoms with Gasteiger partial charge in [-0.15, -0.1) is 0 Å². The van der Waals surface area contributed by atoms with Gasteiger partial charge in [-0.05, 0) is 30.3 Å². The highest BCUT2D eigenvalue weighted by molar-refractivity contribution is 7.89. The molecule has 9 nitrogen and oxygen atoms in total. The van der Waals surface area contributed by atoms with Gasteiger partial charge in [0.15, 0.2) is 0 Å². The Morgan fingerprint density at radius 3 is 2.30 bits per heavy atom. The average molecular weight is 455 g/mol. The molecule has 0 fully saturated rings. The van der Waals surface area contributed by atoms with Crippen LogP contribution in [0.2, 0.25) is 5.02 Å². The molecule has 1 amide bonds. The van der Waals surface area contributed by atoms with Gasteiger partial charge in [-0.2, -0.15) is 4.31 Å². The molecular formula is C19H23ClN4O5S. The standard InChI is InChI=1S/C19H23ClN4O5S/c1-5-23(6-2)30(28,29)14-8-10-17(22(3)4)16(12-14)21-19(25)13-7-9-15(20)18(11-13)24(26)27/h7-12H,5-6H2,1-4H3,(H,21,25). The Morgan fingerprint density at radius 1 is 1.13 bits per heavy atom. The van der Waals surface area contributed by atoms with E-state index in [0.717, 1.165) is 6.07 Å². The van der Waals surface area contributed by atoms with E-state index in [4.69, 9.17) is 11.6 Å². The summed E-state index contributed by atoms with van der Waals surface area (Å²) in [6, 6.07) is 8.15. The highest BCUT2D eigenvalue weighted by Crippen LogP contribution is 2.30. The van der Waals surface area contributed by atoms with E-state index in [-0.39, 0.29) is 21.2 Å². The van der Waals surface area contributed by atoms with Crippen molar-refractivity contribution in [1.29, 1.82) is 0 Å². The molecule has 0 unspecified atom stereocenters. The van der Waals surface area contributed by atoms with E-state index in [0.29, 0.717) is 18.8 Å². The second-order valence-corrected chi connectivity index (χ2v) is 8.89. The molecule has 0 saturated carbocycles. The third-order valence-corrected chi connectivity index (χ3v) is 6.81. The Bertz CT molecular complexity index is 1070. The molecule has 30 heavy (non-hydrogen) atoms. The molecule has 0 atom stereocenters. The largest absolute Gasteiger partial charge is 0.376 e. The van der Waals surface area contributed by atoms with Crippen molar-refractivity contribution in [1.82, 2.24) is 4.31 Å². The lowest BCUT2D eigenvalue weighted by molar-refractivity contribution is -0.384. The number of nitro groups is 1. The summed E-state index contributed by atoms with van der Waals surface area (Å²) in [5.41, 5.74) is 0.462. The van der Waals surface area contributed by atoms with Gasteiger partial charge < -0.3 is 10.2 Å². The number of hydrogen-bond donors (Lipinski definition) is 1. The number of halogens is 1. The summed E-state index contributed by atoms with van der Waals surface area (Å²) >= 11 is 5.80. The number of amides is 1. The topological polar surface area (TPSA) is 113 Å². The Kier molecular flexibility index (Phi) is 7.40. The molecule has 11 heteroatoms. The van der Waals surface area contributed by atoms with Crippen LogP contribution in [0.3, 0.4) is 0 Å². The maximum atomic E-state index is 12.9. The van der Waals surface area contributed by atoms with Crippen LogP contribution in [-0.2, 0) is 10.0 Å². The van der Waals surface area contributed by atoms with E-state index in [1.54, 1.807) is 38.9 Å². The fraction of sp³-hybridized carbons (Fsp3) is 0.316. The first kappa shape index (κ1) is 23.6. The summed E-state index contributed by atoms with van der Waals surface area (Å²) in [6.07, 6.45) is 0. The third-order valence-electron chi connectivity index (χ3n) is 4.45. The maximum Gasteiger partial charge on any atom is 0.288 e. The molecule has 2 aromatic rings. The first-order chi connectivity index (χ1) is 14.0. The number of hydrogen-bond acceptors (Lipinski definition) is 6. The smallest absolute Gasteiger partial charge is 0.288 e. The molecule has 0 aromatic heterocycles. The van der Waals surface area contributed by atoms with Gasteiger partial charge in [0.25, 0.3) is 11.6 Å². The first-order valence-corrected chi connectivity index (χ1v) is 10.9. The van der Waals surface area contributed by atoms with Crippen LogP contribution in [-0.4, -0.2) is 50.7 Å².